The third kappa shape index (κ3) is 2.35. The highest BCUT2D eigenvalue weighted by Gasteiger charge is 2.22. The summed E-state index contributed by atoms with van der Waals surface area (Å²) in [5, 5.41) is 11.1. The van der Waals surface area contributed by atoms with Gasteiger partial charge in [0, 0.05) is 6.54 Å². The zero-order chi connectivity index (χ0) is 14.2. The molecule has 1 amide bonds. The number of halogens is 1. The Morgan fingerprint density at radius 3 is 2.58 bits per heavy atom. The van der Waals surface area contributed by atoms with Crippen molar-refractivity contribution < 1.29 is 9.32 Å². The van der Waals surface area contributed by atoms with E-state index in [0.717, 1.165) is 0 Å². The Hall–Kier alpha value is -1.82. The molecular formula is C12H15ClN4O2. The van der Waals surface area contributed by atoms with Crippen LogP contribution in [0.25, 0.3) is 0 Å². The lowest BCUT2D eigenvalue weighted by molar-refractivity contribution is 0.101. The van der Waals surface area contributed by atoms with Crippen LogP contribution in [0.4, 0.5) is 5.69 Å². The third-order valence-corrected chi connectivity index (χ3v) is 3.29. The van der Waals surface area contributed by atoms with Gasteiger partial charge >= 0.3 is 0 Å². The standard InChI is InChI=1S/C12H15ClN4O2/c1-5-17-11(9(13)6(2)15-17)12(18)14-10-7(3)16-19-8(10)4/h5H2,1-4H3,(H,14,18). The number of nitrogens with one attached hydrogen (secondary N) is 1. The minimum atomic E-state index is -0.318. The van der Waals surface area contributed by atoms with Gasteiger partial charge in [-0.05, 0) is 27.7 Å². The van der Waals surface area contributed by atoms with Crippen molar-refractivity contribution >= 4 is 23.2 Å². The molecule has 0 aliphatic rings. The molecule has 2 aromatic heterocycles. The highest BCUT2D eigenvalue weighted by Crippen LogP contribution is 2.24. The second-order valence-electron chi connectivity index (χ2n) is 4.22. The molecule has 19 heavy (non-hydrogen) atoms. The fourth-order valence-corrected chi connectivity index (χ4v) is 2.06. The highest BCUT2D eigenvalue weighted by atomic mass is 35.5. The summed E-state index contributed by atoms with van der Waals surface area (Å²) in [5.74, 6) is 0.239. The maximum Gasteiger partial charge on any atom is 0.275 e. The van der Waals surface area contributed by atoms with Gasteiger partial charge in [0.05, 0.1) is 10.7 Å². The van der Waals surface area contributed by atoms with Crippen LogP contribution in [0.3, 0.4) is 0 Å². The largest absolute Gasteiger partial charge is 0.359 e. The molecule has 0 aliphatic heterocycles. The minimum Gasteiger partial charge on any atom is -0.359 e. The number of amides is 1. The number of carbonyl (C=O) groups is 1. The minimum absolute atomic E-state index is 0.318. The zero-order valence-electron chi connectivity index (χ0n) is 11.2. The van der Waals surface area contributed by atoms with E-state index in [1.54, 1.807) is 25.5 Å². The molecule has 0 spiro atoms. The molecule has 0 radical (unpaired) electrons. The van der Waals surface area contributed by atoms with Crippen LogP contribution in [0.2, 0.25) is 5.02 Å². The van der Waals surface area contributed by atoms with Crippen LogP contribution < -0.4 is 5.32 Å². The Kier molecular flexibility index (Phi) is 3.61. The second-order valence-corrected chi connectivity index (χ2v) is 4.60. The topological polar surface area (TPSA) is 73.0 Å². The summed E-state index contributed by atoms with van der Waals surface area (Å²) < 4.78 is 6.58. The number of carbonyl (C=O) groups excluding carboxylic acids is 1. The predicted octanol–water partition coefficient (Wildman–Crippen LogP) is 2.72. The molecule has 2 heterocycles. The number of nitrogens with zero attached hydrogens (tertiary/aromatic N) is 3. The molecule has 0 bridgehead atoms. The summed E-state index contributed by atoms with van der Waals surface area (Å²) >= 11 is 6.12. The van der Waals surface area contributed by atoms with E-state index in [2.05, 4.69) is 15.6 Å². The summed E-state index contributed by atoms with van der Waals surface area (Å²) in [4.78, 5) is 12.3. The quantitative estimate of drug-likeness (QED) is 0.939. The molecule has 2 rings (SSSR count). The molecule has 2 aromatic rings. The number of rotatable bonds is 3. The van der Waals surface area contributed by atoms with Gasteiger partial charge in [0.1, 0.15) is 17.1 Å². The predicted molar refractivity (Wildman–Crippen MR) is 71.6 cm³/mol. The average Bonchev–Trinajstić information content (AvgIpc) is 2.84. The Bertz CT molecular complexity index is 610. The Labute approximate surface area is 115 Å². The van der Waals surface area contributed by atoms with E-state index in [-0.39, 0.29) is 5.91 Å². The van der Waals surface area contributed by atoms with E-state index < -0.39 is 0 Å². The van der Waals surface area contributed by atoms with E-state index in [1.807, 2.05) is 6.92 Å². The summed E-state index contributed by atoms with van der Waals surface area (Å²) in [6.45, 7) is 7.73. The van der Waals surface area contributed by atoms with Crippen LogP contribution in [-0.4, -0.2) is 20.8 Å². The molecule has 6 nitrogen and oxygen atoms in total. The zero-order valence-corrected chi connectivity index (χ0v) is 12.0. The summed E-state index contributed by atoms with van der Waals surface area (Å²) in [6, 6.07) is 0. The van der Waals surface area contributed by atoms with Crippen molar-refractivity contribution in [3.63, 3.8) is 0 Å². The number of aromatic nitrogens is 3. The number of hydrogen-bond donors (Lipinski definition) is 1. The first kappa shape index (κ1) is 13.6. The molecular weight excluding hydrogens is 268 g/mol. The van der Waals surface area contributed by atoms with E-state index >= 15 is 0 Å². The highest BCUT2D eigenvalue weighted by molar-refractivity contribution is 6.34. The summed E-state index contributed by atoms with van der Waals surface area (Å²) in [6.07, 6.45) is 0. The van der Waals surface area contributed by atoms with Crippen molar-refractivity contribution in [2.45, 2.75) is 34.2 Å². The van der Waals surface area contributed by atoms with Crippen molar-refractivity contribution in [2.75, 3.05) is 5.32 Å². The van der Waals surface area contributed by atoms with Crippen LogP contribution in [-0.2, 0) is 6.54 Å². The van der Waals surface area contributed by atoms with Crippen LogP contribution >= 0.6 is 11.6 Å². The van der Waals surface area contributed by atoms with Gasteiger partial charge in [-0.2, -0.15) is 5.10 Å². The molecule has 102 valence electrons. The first-order chi connectivity index (χ1) is 8.95. The number of aryl methyl sites for hydroxylation is 4. The van der Waals surface area contributed by atoms with Crippen molar-refractivity contribution in [3.8, 4) is 0 Å². The lowest BCUT2D eigenvalue weighted by Crippen LogP contribution is -2.18. The lowest BCUT2D eigenvalue weighted by atomic mass is 10.3. The SMILES string of the molecule is CCn1nc(C)c(Cl)c1C(=O)Nc1c(C)noc1C. The fourth-order valence-electron chi connectivity index (χ4n) is 1.84. The van der Waals surface area contributed by atoms with Gasteiger partial charge in [-0.15, -0.1) is 0 Å². The third-order valence-electron chi connectivity index (χ3n) is 2.84. The molecule has 0 unspecified atom stereocenters. The van der Waals surface area contributed by atoms with Gasteiger partial charge in [-0.25, -0.2) is 0 Å². The van der Waals surface area contributed by atoms with Gasteiger partial charge in [0.15, 0.2) is 5.76 Å². The average molecular weight is 283 g/mol. The second kappa shape index (κ2) is 5.05. The molecule has 0 atom stereocenters. The first-order valence-electron chi connectivity index (χ1n) is 5.92. The van der Waals surface area contributed by atoms with Crippen LogP contribution in [0, 0.1) is 20.8 Å². The molecule has 1 N–H and O–H groups in total. The van der Waals surface area contributed by atoms with Crippen LogP contribution in [0.5, 0.6) is 0 Å². The van der Waals surface area contributed by atoms with Gasteiger partial charge < -0.3 is 9.84 Å². The van der Waals surface area contributed by atoms with Gasteiger partial charge in [0.25, 0.3) is 5.91 Å². The van der Waals surface area contributed by atoms with Gasteiger partial charge in [-0.3, -0.25) is 9.48 Å². The van der Waals surface area contributed by atoms with Crippen molar-refractivity contribution in [1.29, 1.82) is 0 Å². The van der Waals surface area contributed by atoms with E-state index in [9.17, 15) is 4.79 Å². The maximum atomic E-state index is 12.3. The molecule has 0 aliphatic carbocycles. The molecule has 0 saturated heterocycles. The molecule has 7 heteroatoms. The van der Waals surface area contributed by atoms with Crippen molar-refractivity contribution in [3.05, 3.63) is 27.9 Å². The Morgan fingerprint density at radius 1 is 1.37 bits per heavy atom. The molecule has 0 aromatic carbocycles. The fraction of sp³-hybridized carbons (Fsp3) is 0.417. The van der Waals surface area contributed by atoms with Gasteiger partial charge in [0.2, 0.25) is 0 Å². The Morgan fingerprint density at radius 2 is 2.05 bits per heavy atom. The smallest absolute Gasteiger partial charge is 0.275 e. The number of anilines is 1. The van der Waals surface area contributed by atoms with Crippen molar-refractivity contribution in [1.82, 2.24) is 14.9 Å². The normalized spacial score (nSPS) is 10.8. The van der Waals surface area contributed by atoms with E-state index in [4.69, 9.17) is 16.1 Å². The lowest BCUT2D eigenvalue weighted by Gasteiger charge is -2.06. The van der Waals surface area contributed by atoms with E-state index in [1.165, 1.54) is 0 Å². The van der Waals surface area contributed by atoms with Crippen LogP contribution in [0.15, 0.2) is 4.52 Å². The monoisotopic (exact) mass is 282 g/mol. The molecule has 0 fully saturated rings. The maximum absolute atomic E-state index is 12.3. The summed E-state index contributed by atoms with van der Waals surface area (Å²) in [5.41, 5.74) is 2.18. The number of hydrogen-bond acceptors (Lipinski definition) is 4. The molecule has 0 saturated carbocycles. The van der Waals surface area contributed by atoms with E-state index in [0.29, 0.717) is 40.1 Å². The van der Waals surface area contributed by atoms with Gasteiger partial charge in [-0.1, -0.05) is 16.8 Å². The summed E-state index contributed by atoms with van der Waals surface area (Å²) in [7, 11) is 0. The Balaban J connectivity index is 2.36. The first-order valence-corrected chi connectivity index (χ1v) is 6.30. The van der Waals surface area contributed by atoms with Crippen molar-refractivity contribution in [2.24, 2.45) is 0 Å². The van der Waals surface area contributed by atoms with Crippen LogP contribution in [0.1, 0.15) is 34.6 Å².